The molecule has 1 N–H and O–H groups in total. The topological polar surface area (TPSA) is 84.4 Å². The monoisotopic (exact) mass is 354 g/mol. The number of phenols is 1. The van der Waals surface area contributed by atoms with E-state index in [1.807, 2.05) is 0 Å². The summed E-state index contributed by atoms with van der Waals surface area (Å²) < 4.78 is 23.7. The van der Waals surface area contributed by atoms with E-state index in [-0.39, 0.29) is 23.1 Å². The molecule has 6 nitrogen and oxygen atoms in total. The average Bonchev–Trinajstić information content (AvgIpc) is 3.09. The van der Waals surface area contributed by atoms with Crippen LogP contribution >= 0.6 is 0 Å². The van der Waals surface area contributed by atoms with E-state index in [2.05, 4.69) is 10.2 Å². The van der Waals surface area contributed by atoms with Gasteiger partial charge in [0.2, 0.25) is 11.6 Å². The standard InChI is InChI=1S/C19H15FN2O4/c1-11-9-13(10-12(2)18(11)23)21-22-17-8-7-16(25-17)19(24)26-15-6-4-3-5-14(15)20/h3-10,23H,1-2H3. The second-order valence-electron chi connectivity index (χ2n) is 5.59. The smallest absolute Gasteiger partial charge is 0.379 e. The normalized spacial score (nSPS) is 11.0. The lowest BCUT2D eigenvalue weighted by Gasteiger charge is -2.03. The Balaban J connectivity index is 1.73. The number of para-hydroxylation sites is 1. The van der Waals surface area contributed by atoms with Crippen molar-refractivity contribution in [3.63, 3.8) is 0 Å². The highest BCUT2D eigenvalue weighted by Crippen LogP contribution is 2.29. The maximum atomic E-state index is 13.5. The van der Waals surface area contributed by atoms with Crippen molar-refractivity contribution >= 4 is 17.5 Å². The van der Waals surface area contributed by atoms with Crippen molar-refractivity contribution in [3.8, 4) is 11.5 Å². The molecule has 0 amide bonds. The first-order valence-electron chi connectivity index (χ1n) is 7.72. The van der Waals surface area contributed by atoms with Gasteiger partial charge in [0.25, 0.3) is 0 Å². The zero-order valence-corrected chi connectivity index (χ0v) is 14.1. The largest absolute Gasteiger partial charge is 0.507 e. The third kappa shape index (κ3) is 3.77. The Labute approximate surface area is 148 Å². The lowest BCUT2D eigenvalue weighted by molar-refractivity contribution is 0.0695. The van der Waals surface area contributed by atoms with E-state index in [1.54, 1.807) is 32.0 Å². The van der Waals surface area contributed by atoms with Crippen molar-refractivity contribution in [2.24, 2.45) is 10.2 Å². The molecule has 1 heterocycles. The highest BCUT2D eigenvalue weighted by atomic mass is 19.1. The van der Waals surface area contributed by atoms with Crippen molar-refractivity contribution in [1.82, 2.24) is 0 Å². The van der Waals surface area contributed by atoms with E-state index in [4.69, 9.17) is 9.15 Å². The van der Waals surface area contributed by atoms with Crippen LogP contribution in [0.1, 0.15) is 21.7 Å². The van der Waals surface area contributed by atoms with Gasteiger partial charge in [0.05, 0.1) is 5.69 Å². The molecule has 1 aromatic heterocycles. The highest BCUT2D eigenvalue weighted by Gasteiger charge is 2.15. The lowest BCUT2D eigenvalue weighted by atomic mass is 10.1. The Hall–Kier alpha value is -3.48. The van der Waals surface area contributed by atoms with Gasteiger partial charge >= 0.3 is 5.97 Å². The van der Waals surface area contributed by atoms with Crippen LogP contribution in [0.4, 0.5) is 16.0 Å². The maximum absolute atomic E-state index is 13.5. The molecule has 26 heavy (non-hydrogen) atoms. The van der Waals surface area contributed by atoms with Gasteiger partial charge in [0.15, 0.2) is 11.6 Å². The molecule has 0 fully saturated rings. The summed E-state index contributed by atoms with van der Waals surface area (Å²) in [5.74, 6) is -1.50. The Morgan fingerprint density at radius 2 is 1.77 bits per heavy atom. The second-order valence-corrected chi connectivity index (χ2v) is 5.59. The Bertz CT molecular complexity index is 972. The average molecular weight is 354 g/mol. The van der Waals surface area contributed by atoms with Crippen molar-refractivity contribution in [2.75, 3.05) is 0 Å². The second kappa shape index (κ2) is 7.18. The SMILES string of the molecule is Cc1cc(N=Nc2ccc(C(=O)Oc3ccccc3F)o2)cc(C)c1O. The number of aromatic hydroxyl groups is 1. The predicted octanol–water partition coefficient (Wildman–Crippen LogP) is 5.38. The summed E-state index contributed by atoms with van der Waals surface area (Å²) in [5, 5.41) is 17.7. The van der Waals surface area contributed by atoms with Crippen LogP contribution < -0.4 is 4.74 Å². The number of nitrogens with zero attached hydrogens (tertiary/aromatic N) is 2. The quantitative estimate of drug-likeness (QED) is 0.387. The van der Waals surface area contributed by atoms with Gasteiger partial charge in [0.1, 0.15) is 5.75 Å². The summed E-state index contributed by atoms with van der Waals surface area (Å²) in [7, 11) is 0. The molecule has 132 valence electrons. The van der Waals surface area contributed by atoms with Gasteiger partial charge in [-0.15, -0.1) is 10.2 Å². The molecule has 7 heteroatoms. The van der Waals surface area contributed by atoms with Gasteiger partial charge in [-0.25, -0.2) is 9.18 Å². The minimum absolute atomic E-state index is 0.0915. The molecule has 0 atom stereocenters. The van der Waals surface area contributed by atoms with Crippen LogP contribution in [0.2, 0.25) is 0 Å². The molecule has 0 unspecified atom stereocenters. The number of ether oxygens (including phenoxy) is 1. The van der Waals surface area contributed by atoms with E-state index in [1.165, 1.54) is 30.3 Å². The summed E-state index contributed by atoms with van der Waals surface area (Å²) in [5.41, 5.74) is 1.88. The van der Waals surface area contributed by atoms with E-state index in [0.29, 0.717) is 16.8 Å². The number of carbonyl (C=O) groups excluding carboxylic acids is 1. The molecule has 2 aromatic carbocycles. The number of carbonyl (C=O) groups is 1. The van der Waals surface area contributed by atoms with Crippen molar-refractivity contribution in [2.45, 2.75) is 13.8 Å². The maximum Gasteiger partial charge on any atom is 0.379 e. The fraction of sp³-hybridized carbons (Fsp3) is 0.105. The number of phenolic OH excluding ortho intramolecular Hbond substituents is 1. The Morgan fingerprint density at radius 1 is 1.08 bits per heavy atom. The van der Waals surface area contributed by atoms with Crippen LogP contribution in [0.15, 0.2) is 63.2 Å². The summed E-state index contributed by atoms with van der Waals surface area (Å²) in [6, 6.07) is 11.7. The number of azo groups is 1. The van der Waals surface area contributed by atoms with Gasteiger partial charge in [0, 0.05) is 6.07 Å². The molecule has 0 aliphatic carbocycles. The van der Waals surface area contributed by atoms with Crippen LogP contribution in [0.25, 0.3) is 0 Å². The Morgan fingerprint density at radius 3 is 2.46 bits per heavy atom. The number of rotatable bonds is 4. The number of halogens is 1. The van der Waals surface area contributed by atoms with Gasteiger partial charge in [-0.2, -0.15) is 0 Å². The van der Waals surface area contributed by atoms with Crippen LogP contribution in [-0.4, -0.2) is 11.1 Å². The number of esters is 1. The van der Waals surface area contributed by atoms with E-state index < -0.39 is 11.8 Å². The number of aryl methyl sites for hydroxylation is 2. The van der Waals surface area contributed by atoms with Gasteiger partial charge in [-0.05, 0) is 55.3 Å². The van der Waals surface area contributed by atoms with Gasteiger partial charge < -0.3 is 14.3 Å². The molecule has 0 aliphatic rings. The summed E-state index contributed by atoms with van der Waals surface area (Å²) in [4.78, 5) is 12.0. The molecule has 0 radical (unpaired) electrons. The number of benzene rings is 2. The zero-order chi connectivity index (χ0) is 18.7. The first-order valence-corrected chi connectivity index (χ1v) is 7.72. The third-order valence-corrected chi connectivity index (χ3v) is 3.57. The lowest BCUT2D eigenvalue weighted by Crippen LogP contribution is -2.08. The summed E-state index contributed by atoms with van der Waals surface area (Å²) in [6.45, 7) is 3.51. The number of hydrogen-bond acceptors (Lipinski definition) is 6. The van der Waals surface area contributed by atoms with Crippen molar-refractivity contribution < 1.29 is 23.4 Å². The molecule has 0 bridgehead atoms. The van der Waals surface area contributed by atoms with Crippen molar-refractivity contribution in [3.05, 3.63) is 71.2 Å². The number of furan rings is 1. The first-order chi connectivity index (χ1) is 12.4. The predicted molar refractivity (Wildman–Crippen MR) is 91.8 cm³/mol. The van der Waals surface area contributed by atoms with Crippen LogP contribution in [-0.2, 0) is 0 Å². The van der Waals surface area contributed by atoms with Crippen LogP contribution in [0.5, 0.6) is 11.5 Å². The van der Waals surface area contributed by atoms with E-state index >= 15 is 0 Å². The van der Waals surface area contributed by atoms with Crippen molar-refractivity contribution in [1.29, 1.82) is 0 Å². The first kappa shape index (κ1) is 17.3. The fourth-order valence-electron chi connectivity index (χ4n) is 2.27. The fourth-order valence-corrected chi connectivity index (χ4v) is 2.27. The molecule has 0 spiro atoms. The molecular formula is C19H15FN2O4. The molecule has 3 aromatic rings. The molecule has 0 saturated carbocycles. The highest BCUT2D eigenvalue weighted by molar-refractivity contribution is 5.88. The summed E-state index contributed by atoms with van der Waals surface area (Å²) >= 11 is 0. The third-order valence-electron chi connectivity index (χ3n) is 3.57. The minimum Gasteiger partial charge on any atom is -0.507 e. The minimum atomic E-state index is -0.840. The zero-order valence-electron chi connectivity index (χ0n) is 14.1. The van der Waals surface area contributed by atoms with Gasteiger partial charge in [-0.1, -0.05) is 12.1 Å². The van der Waals surface area contributed by atoms with E-state index in [9.17, 15) is 14.3 Å². The molecular weight excluding hydrogens is 339 g/mol. The number of hydrogen-bond donors (Lipinski definition) is 1. The van der Waals surface area contributed by atoms with Crippen LogP contribution in [0.3, 0.4) is 0 Å². The van der Waals surface area contributed by atoms with E-state index in [0.717, 1.165) is 0 Å². The molecule has 0 saturated heterocycles. The van der Waals surface area contributed by atoms with Gasteiger partial charge in [-0.3, -0.25) is 0 Å². The van der Waals surface area contributed by atoms with Crippen LogP contribution in [0, 0.1) is 19.7 Å². The summed E-state index contributed by atoms with van der Waals surface area (Å²) in [6.07, 6.45) is 0. The molecule has 3 rings (SSSR count). The molecule has 0 aliphatic heterocycles. The Kier molecular flexibility index (Phi) is 4.79.